The maximum absolute atomic E-state index is 12.2. The molecule has 2 aromatic heterocycles. The summed E-state index contributed by atoms with van der Waals surface area (Å²) < 4.78 is 6.77. The molecule has 3 rings (SSSR count). The fourth-order valence-electron chi connectivity index (χ4n) is 2.20. The number of anilines is 1. The van der Waals surface area contributed by atoms with Crippen molar-refractivity contribution in [3.63, 3.8) is 0 Å². The first kappa shape index (κ1) is 17.2. The smallest absolute Gasteiger partial charge is 0.231 e. The minimum Gasteiger partial charge on any atom is -0.480 e. The molecule has 0 saturated heterocycles. The SMILES string of the molecule is COc1ccc2nc(-c3ccc(Cl)c(NC(=O)C(C)(C)C)c3)cn2n1. The topological polar surface area (TPSA) is 68.5 Å². The quantitative estimate of drug-likeness (QED) is 0.767. The van der Waals surface area contributed by atoms with Crippen molar-refractivity contribution in [1.29, 1.82) is 0 Å². The van der Waals surface area contributed by atoms with Crippen LogP contribution < -0.4 is 10.1 Å². The van der Waals surface area contributed by atoms with Crippen LogP contribution in [0.3, 0.4) is 0 Å². The molecule has 2 heterocycles. The molecule has 1 amide bonds. The summed E-state index contributed by atoms with van der Waals surface area (Å²) in [5.74, 6) is 0.402. The Morgan fingerprint density at radius 3 is 2.68 bits per heavy atom. The number of fused-ring (bicyclic) bond motifs is 1. The number of carbonyl (C=O) groups excluding carboxylic acids is 1. The number of halogens is 1. The van der Waals surface area contributed by atoms with Gasteiger partial charge in [-0.2, -0.15) is 0 Å². The van der Waals surface area contributed by atoms with Crippen LogP contribution in [-0.4, -0.2) is 27.6 Å². The summed E-state index contributed by atoms with van der Waals surface area (Å²) in [5, 5.41) is 7.64. The van der Waals surface area contributed by atoms with Gasteiger partial charge in [0.1, 0.15) is 0 Å². The number of nitrogens with zero attached hydrogens (tertiary/aromatic N) is 3. The first-order valence-corrected chi connectivity index (χ1v) is 8.17. The molecule has 0 fully saturated rings. The van der Waals surface area contributed by atoms with E-state index in [1.165, 1.54) is 0 Å². The fourth-order valence-corrected chi connectivity index (χ4v) is 2.37. The molecule has 7 heteroatoms. The van der Waals surface area contributed by atoms with Crippen molar-refractivity contribution in [1.82, 2.24) is 14.6 Å². The molecular formula is C18H19ClN4O2. The lowest BCUT2D eigenvalue weighted by atomic mass is 9.95. The average molecular weight is 359 g/mol. The van der Waals surface area contributed by atoms with E-state index in [4.69, 9.17) is 16.3 Å². The zero-order valence-electron chi connectivity index (χ0n) is 14.5. The van der Waals surface area contributed by atoms with E-state index in [0.29, 0.717) is 22.2 Å². The summed E-state index contributed by atoms with van der Waals surface area (Å²) in [6.45, 7) is 5.55. The molecule has 0 spiro atoms. The Morgan fingerprint density at radius 1 is 1.24 bits per heavy atom. The number of carbonyl (C=O) groups is 1. The minimum atomic E-state index is -0.511. The molecule has 0 aliphatic heterocycles. The normalized spacial score (nSPS) is 11.6. The van der Waals surface area contributed by atoms with E-state index in [1.54, 1.807) is 30.0 Å². The largest absolute Gasteiger partial charge is 0.480 e. The third kappa shape index (κ3) is 3.58. The van der Waals surface area contributed by atoms with Gasteiger partial charge < -0.3 is 10.1 Å². The van der Waals surface area contributed by atoms with E-state index in [-0.39, 0.29) is 5.91 Å². The molecule has 0 atom stereocenters. The summed E-state index contributed by atoms with van der Waals surface area (Å²) >= 11 is 6.23. The van der Waals surface area contributed by atoms with E-state index >= 15 is 0 Å². The zero-order chi connectivity index (χ0) is 18.2. The van der Waals surface area contributed by atoms with Crippen LogP contribution in [-0.2, 0) is 4.79 Å². The van der Waals surface area contributed by atoms with Crippen molar-refractivity contribution in [2.75, 3.05) is 12.4 Å². The van der Waals surface area contributed by atoms with Gasteiger partial charge in [-0.3, -0.25) is 4.79 Å². The van der Waals surface area contributed by atoms with Crippen LogP contribution in [0, 0.1) is 5.41 Å². The number of rotatable bonds is 3. The van der Waals surface area contributed by atoms with Crippen LogP contribution in [0.2, 0.25) is 5.02 Å². The second kappa shape index (κ2) is 6.37. The second-order valence-corrected chi connectivity index (χ2v) is 7.11. The summed E-state index contributed by atoms with van der Waals surface area (Å²) in [5.41, 5.74) is 2.30. The Balaban J connectivity index is 1.98. The number of benzene rings is 1. The molecular weight excluding hydrogens is 340 g/mol. The lowest BCUT2D eigenvalue weighted by molar-refractivity contribution is -0.123. The number of aromatic nitrogens is 3. The second-order valence-electron chi connectivity index (χ2n) is 6.70. The van der Waals surface area contributed by atoms with Gasteiger partial charge in [-0.1, -0.05) is 38.4 Å². The van der Waals surface area contributed by atoms with Gasteiger partial charge >= 0.3 is 0 Å². The van der Waals surface area contributed by atoms with Gasteiger partial charge in [0.2, 0.25) is 11.8 Å². The molecule has 3 aromatic rings. The van der Waals surface area contributed by atoms with E-state index in [2.05, 4.69) is 15.4 Å². The third-order valence-corrected chi connectivity index (χ3v) is 4.03. The lowest BCUT2D eigenvalue weighted by Crippen LogP contribution is -2.27. The molecule has 25 heavy (non-hydrogen) atoms. The van der Waals surface area contributed by atoms with Gasteiger partial charge in [0.25, 0.3) is 0 Å². The Labute approximate surface area is 150 Å². The van der Waals surface area contributed by atoms with E-state index in [9.17, 15) is 4.79 Å². The molecule has 6 nitrogen and oxygen atoms in total. The maximum atomic E-state index is 12.2. The molecule has 0 unspecified atom stereocenters. The van der Waals surface area contributed by atoms with Crippen LogP contribution in [0.15, 0.2) is 36.5 Å². The van der Waals surface area contributed by atoms with Crippen LogP contribution in [0.5, 0.6) is 5.88 Å². The van der Waals surface area contributed by atoms with Gasteiger partial charge in [0.15, 0.2) is 5.65 Å². The summed E-state index contributed by atoms with van der Waals surface area (Å²) in [6, 6.07) is 8.99. The molecule has 0 bridgehead atoms. The molecule has 0 aliphatic rings. The summed E-state index contributed by atoms with van der Waals surface area (Å²) in [4.78, 5) is 16.8. The molecule has 0 aliphatic carbocycles. The lowest BCUT2D eigenvalue weighted by Gasteiger charge is -2.18. The number of methoxy groups -OCH3 is 1. The van der Waals surface area contributed by atoms with Crippen molar-refractivity contribution >= 4 is 28.8 Å². The zero-order valence-corrected chi connectivity index (χ0v) is 15.3. The molecule has 0 radical (unpaired) electrons. The number of imidazole rings is 1. The fraction of sp³-hybridized carbons (Fsp3) is 0.278. The summed E-state index contributed by atoms with van der Waals surface area (Å²) in [6.07, 6.45) is 1.80. The van der Waals surface area contributed by atoms with Crippen molar-refractivity contribution in [3.05, 3.63) is 41.6 Å². The van der Waals surface area contributed by atoms with Crippen molar-refractivity contribution in [2.24, 2.45) is 5.41 Å². The number of hydrogen-bond donors (Lipinski definition) is 1. The van der Waals surface area contributed by atoms with Crippen LogP contribution in [0.1, 0.15) is 20.8 Å². The van der Waals surface area contributed by atoms with E-state index in [1.807, 2.05) is 39.0 Å². The van der Waals surface area contributed by atoms with Crippen LogP contribution in [0.4, 0.5) is 5.69 Å². The molecule has 130 valence electrons. The predicted octanol–water partition coefficient (Wildman–Crippen LogP) is 4.04. The maximum Gasteiger partial charge on any atom is 0.231 e. The Kier molecular flexibility index (Phi) is 4.39. The highest BCUT2D eigenvalue weighted by Gasteiger charge is 2.22. The number of ether oxygens (including phenoxy) is 1. The van der Waals surface area contributed by atoms with E-state index < -0.39 is 5.41 Å². The van der Waals surface area contributed by atoms with Crippen molar-refractivity contribution in [2.45, 2.75) is 20.8 Å². The molecule has 1 N–H and O–H groups in total. The van der Waals surface area contributed by atoms with E-state index in [0.717, 1.165) is 11.3 Å². The Morgan fingerprint density at radius 2 is 2.00 bits per heavy atom. The molecule has 0 saturated carbocycles. The first-order valence-electron chi connectivity index (χ1n) is 7.80. The average Bonchev–Trinajstić information content (AvgIpc) is 2.98. The van der Waals surface area contributed by atoms with Crippen LogP contribution in [0.25, 0.3) is 16.9 Å². The van der Waals surface area contributed by atoms with Crippen molar-refractivity contribution in [3.8, 4) is 17.1 Å². The third-order valence-electron chi connectivity index (χ3n) is 3.70. The highest BCUT2D eigenvalue weighted by Crippen LogP contribution is 2.30. The Hall–Kier alpha value is -2.60. The number of amides is 1. The van der Waals surface area contributed by atoms with Gasteiger partial charge in [-0.15, -0.1) is 5.10 Å². The minimum absolute atomic E-state index is 0.104. The van der Waals surface area contributed by atoms with Gasteiger partial charge in [0, 0.05) is 17.0 Å². The van der Waals surface area contributed by atoms with Crippen molar-refractivity contribution < 1.29 is 9.53 Å². The molecule has 1 aromatic carbocycles. The monoisotopic (exact) mass is 358 g/mol. The van der Waals surface area contributed by atoms with Gasteiger partial charge in [-0.05, 0) is 18.2 Å². The Bertz CT molecular complexity index is 944. The van der Waals surface area contributed by atoms with Gasteiger partial charge in [0.05, 0.1) is 29.7 Å². The predicted molar refractivity (Wildman–Crippen MR) is 98.1 cm³/mol. The standard InChI is InChI=1S/C18H19ClN4O2/c1-18(2,3)17(24)21-13-9-11(5-6-12(13)19)14-10-23-15(20-14)7-8-16(22-23)25-4/h5-10H,1-4H3,(H,21,24). The van der Waals surface area contributed by atoms with Crippen LogP contribution >= 0.6 is 11.6 Å². The number of nitrogens with one attached hydrogen (secondary N) is 1. The highest BCUT2D eigenvalue weighted by molar-refractivity contribution is 6.33. The summed E-state index contributed by atoms with van der Waals surface area (Å²) in [7, 11) is 1.56. The highest BCUT2D eigenvalue weighted by atomic mass is 35.5. The first-order chi connectivity index (χ1) is 11.8. The number of hydrogen-bond acceptors (Lipinski definition) is 4. The van der Waals surface area contributed by atoms with Gasteiger partial charge in [-0.25, -0.2) is 9.50 Å².